The number of piperidine rings is 1. The number of amides is 3. The summed E-state index contributed by atoms with van der Waals surface area (Å²) in [5.74, 6) is 2.05. The summed E-state index contributed by atoms with van der Waals surface area (Å²) in [6.45, 7) is 6.62. The molecule has 1 aliphatic rings. The predicted molar refractivity (Wildman–Crippen MR) is 136 cm³/mol. The highest BCUT2D eigenvalue weighted by Gasteiger charge is 2.30. The number of rotatable bonds is 8. The van der Waals surface area contributed by atoms with E-state index in [4.69, 9.17) is 22.8 Å². The van der Waals surface area contributed by atoms with Crippen LogP contribution in [-0.4, -0.2) is 48.4 Å². The second kappa shape index (κ2) is 11.0. The van der Waals surface area contributed by atoms with Crippen LogP contribution in [0.4, 0.5) is 0 Å². The summed E-state index contributed by atoms with van der Waals surface area (Å²) in [5.41, 5.74) is 0.628. The van der Waals surface area contributed by atoms with Gasteiger partial charge in [0.25, 0.3) is 5.91 Å². The average molecular weight is 501 g/mol. The zero-order valence-electron chi connectivity index (χ0n) is 20.6. The molecule has 1 aliphatic heterocycles. The van der Waals surface area contributed by atoms with Gasteiger partial charge in [0, 0.05) is 23.9 Å². The molecule has 0 aliphatic carbocycles. The lowest BCUT2D eigenvalue weighted by Crippen LogP contribution is -2.51. The minimum Gasteiger partial charge on any atom is -0.497 e. The van der Waals surface area contributed by atoms with Crippen molar-refractivity contribution in [2.75, 3.05) is 13.7 Å². The van der Waals surface area contributed by atoms with Crippen molar-refractivity contribution < 1.29 is 19.1 Å². The topological polar surface area (TPSA) is 112 Å². The predicted octanol–water partition coefficient (Wildman–Crippen LogP) is 3.40. The normalized spacial score (nSPS) is 17.7. The van der Waals surface area contributed by atoms with E-state index in [0.717, 1.165) is 18.2 Å². The summed E-state index contributed by atoms with van der Waals surface area (Å²) < 4.78 is 5.24. The maximum absolute atomic E-state index is 13.2. The van der Waals surface area contributed by atoms with Crippen LogP contribution in [0, 0.1) is 23.7 Å². The van der Waals surface area contributed by atoms with E-state index in [1.54, 1.807) is 18.2 Å². The van der Waals surface area contributed by atoms with Crippen molar-refractivity contribution in [1.29, 1.82) is 0 Å². The Morgan fingerprint density at radius 2 is 2.03 bits per heavy atom. The van der Waals surface area contributed by atoms with E-state index >= 15 is 0 Å². The minimum atomic E-state index is -0.824. The molecular formula is C26H33ClN4O4. The molecule has 4 N–H and O–H groups in total. The highest BCUT2D eigenvalue weighted by molar-refractivity contribution is 6.35. The number of aromatic nitrogens is 1. The number of terminal acetylenes is 1. The Hall–Kier alpha value is -3.18. The van der Waals surface area contributed by atoms with E-state index in [9.17, 15) is 14.4 Å². The summed E-state index contributed by atoms with van der Waals surface area (Å²) in [5, 5.41) is 9.66. The molecule has 3 amide bonds. The fourth-order valence-corrected chi connectivity index (χ4v) is 4.52. The lowest BCUT2D eigenvalue weighted by molar-refractivity contribution is -0.128. The number of fused-ring (bicyclic) bond motifs is 1. The number of hydrogen-bond donors (Lipinski definition) is 4. The van der Waals surface area contributed by atoms with Gasteiger partial charge in [-0.3, -0.25) is 14.4 Å². The number of ether oxygens (including phenoxy) is 1. The van der Waals surface area contributed by atoms with E-state index in [0.29, 0.717) is 35.7 Å². The third-order valence-electron chi connectivity index (χ3n) is 6.01. The van der Waals surface area contributed by atoms with E-state index in [1.807, 2.05) is 20.8 Å². The lowest BCUT2D eigenvalue weighted by atomic mass is 9.87. The zero-order valence-corrected chi connectivity index (χ0v) is 21.3. The van der Waals surface area contributed by atoms with Crippen LogP contribution >= 0.6 is 11.6 Å². The minimum absolute atomic E-state index is 0.0422. The number of nitrogens with one attached hydrogen (secondary N) is 4. The van der Waals surface area contributed by atoms with Crippen LogP contribution in [0.2, 0.25) is 5.02 Å². The van der Waals surface area contributed by atoms with Gasteiger partial charge in [-0.2, -0.15) is 0 Å². The molecule has 1 aromatic heterocycles. The molecule has 0 saturated carbocycles. The molecule has 1 fully saturated rings. The number of methoxy groups -OCH3 is 1. The van der Waals surface area contributed by atoms with E-state index in [2.05, 4.69) is 26.9 Å². The Morgan fingerprint density at radius 3 is 2.66 bits per heavy atom. The molecule has 0 radical (unpaired) electrons. The van der Waals surface area contributed by atoms with Crippen LogP contribution in [0.3, 0.4) is 0 Å². The summed E-state index contributed by atoms with van der Waals surface area (Å²) >= 11 is 6.31. The Morgan fingerprint density at radius 1 is 1.29 bits per heavy atom. The van der Waals surface area contributed by atoms with Crippen molar-refractivity contribution in [3.8, 4) is 18.1 Å². The molecule has 3 atom stereocenters. The van der Waals surface area contributed by atoms with E-state index in [-0.39, 0.29) is 28.8 Å². The largest absolute Gasteiger partial charge is 0.497 e. The monoisotopic (exact) mass is 500 g/mol. The maximum atomic E-state index is 13.2. The Bertz CT molecular complexity index is 1140. The van der Waals surface area contributed by atoms with Crippen molar-refractivity contribution in [2.45, 2.75) is 58.5 Å². The number of halogens is 1. The molecule has 8 nitrogen and oxygen atoms in total. The molecule has 0 bridgehead atoms. The standard InChI is InChI=1S/C26H33ClN4O4/c1-6-17(10-15-8-7-9-28-23(15)32)29-25(34)21(14-26(2,3)4)31-24(33)20-12-16-11-18(35-5)13-19(27)22(16)30-20/h1,11-13,15,17,21,30H,7-10,14H2,2-5H3,(H,28,32)(H,29,34)(H,31,33)/t15-,17+,21-/m0/s1. The van der Waals surface area contributed by atoms with Gasteiger partial charge in [-0.15, -0.1) is 6.42 Å². The fourth-order valence-electron chi connectivity index (χ4n) is 4.26. The Labute approximate surface area is 210 Å². The van der Waals surface area contributed by atoms with Gasteiger partial charge in [-0.25, -0.2) is 0 Å². The molecule has 0 unspecified atom stereocenters. The summed E-state index contributed by atoms with van der Waals surface area (Å²) in [6, 6.07) is 3.65. The number of aromatic amines is 1. The van der Waals surface area contributed by atoms with Crippen molar-refractivity contribution in [3.63, 3.8) is 0 Å². The molecule has 1 aromatic carbocycles. The van der Waals surface area contributed by atoms with Gasteiger partial charge in [-0.1, -0.05) is 38.3 Å². The quantitative estimate of drug-likeness (QED) is 0.416. The van der Waals surface area contributed by atoms with Gasteiger partial charge in [0.15, 0.2) is 0 Å². The third-order valence-corrected chi connectivity index (χ3v) is 6.31. The number of H-pyrrole nitrogens is 1. The number of carbonyl (C=O) groups is 3. The van der Waals surface area contributed by atoms with Gasteiger partial charge >= 0.3 is 0 Å². The number of hydrogen-bond acceptors (Lipinski definition) is 4. The molecule has 3 rings (SSSR count). The molecule has 35 heavy (non-hydrogen) atoms. The first-order valence-corrected chi connectivity index (χ1v) is 12.1. The van der Waals surface area contributed by atoms with Crippen LogP contribution in [0.25, 0.3) is 10.9 Å². The first kappa shape index (κ1) is 26.4. The van der Waals surface area contributed by atoms with Gasteiger partial charge in [-0.05, 0) is 43.2 Å². The Balaban J connectivity index is 1.75. The van der Waals surface area contributed by atoms with Crippen molar-refractivity contribution in [2.24, 2.45) is 11.3 Å². The van der Waals surface area contributed by atoms with Crippen molar-refractivity contribution >= 4 is 40.2 Å². The zero-order chi connectivity index (χ0) is 25.8. The maximum Gasteiger partial charge on any atom is 0.268 e. The molecule has 2 aromatic rings. The van der Waals surface area contributed by atoms with Gasteiger partial charge in [0.2, 0.25) is 11.8 Å². The van der Waals surface area contributed by atoms with Crippen molar-refractivity contribution in [1.82, 2.24) is 20.9 Å². The van der Waals surface area contributed by atoms with Crippen LogP contribution in [0.1, 0.15) is 56.9 Å². The molecule has 188 valence electrons. The summed E-state index contributed by atoms with van der Waals surface area (Å²) in [6.07, 6.45) is 8.03. The van der Waals surface area contributed by atoms with E-state index in [1.165, 1.54) is 7.11 Å². The van der Waals surface area contributed by atoms with Gasteiger partial charge < -0.3 is 25.7 Å². The third kappa shape index (κ3) is 6.92. The molecule has 2 heterocycles. The van der Waals surface area contributed by atoms with Crippen LogP contribution in [0.5, 0.6) is 5.75 Å². The van der Waals surface area contributed by atoms with Gasteiger partial charge in [0.05, 0.1) is 23.7 Å². The lowest BCUT2D eigenvalue weighted by Gasteiger charge is -2.28. The van der Waals surface area contributed by atoms with Crippen LogP contribution in [-0.2, 0) is 9.59 Å². The highest BCUT2D eigenvalue weighted by atomic mass is 35.5. The molecule has 0 spiro atoms. The average Bonchev–Trinajstić information content (AvgIpc) is 3.23. The summed E-state index contributed by atoms with van der Waals surface area (Å²) in [4.78, 5) is 41.5. The first-order valence-electron chi connectivity index (χ1n) is 11.7. The molecular weight excluding hydrogens is 468 g/mol. The number of carbonyl (C=O) groups excluding carboxylic acids is 3. The second-order valence-corrected chi connectivity index (χ2v) is 10.5. The van der Waals surface area contributed by atoms with Crippen LogP contribution < -0.4 is 20.7 Å². The smallest absolute Gasteiger partial charge is 0.268 e. The first-order chi connectivity index (χ1) is 16.5. The van der Waals surface area contributed by atoms with Gasteiger partial charge in [0.1, 0.15) is 17.5 Å². The molecule has 1 saturated heterocycles. The second-order valence-electron chi connectivity index (χ2n) is 10.1. The van der Waals surface area contributed by atoms with E-state index < -0.39 is 18.0 Å². The number of benzene rings is 1. The van der Waals surface area contributed by atoms with Crippen LogP contribution in [0.15, 0.2) is 18.2 Å². The van der Waals surface area contributed by atoms with Crippen molar-refractivity contribution in [3.05, 3.63) is 28.9 Å². The fraction of sp³-hybridized carbons (Fsp3) is 0.500. The highest BCUT2D eigenvalue weighted by Crippen LogP contribution is 2.29. The SMILES string of the molecule is C#C[C@H](C[C@@H]1CCCNC1=O)NC(=O)[C@H](CC(C)(C)C)NC(=O)c1cc2cc(OC)cc(Cl)c2[nH]1. The molecule has 9 heteroatoms. The Kier molecular flexibility index (Phi) is 8.34. The summed E-state index contributed by atoms with van der Waals surface area (Å²) in [7, 11) is 1.54.